The van der Waals surface area contributed by atoms with E-state index in [9.17, 15) is 4.79 Å². The van der Waals surface area contributed by atoms with Crippen molar-refractivity contribution in [2.45, 2.75) is 12.8 Å². The van der Waals surface area contributed by atoms with Gasteiger partial charge in [-0.1, -0.05) is 22.8 Å². The zero-order chi connectivity index (χ0) is 12.5. The molecule has 92 valence electrons. The Hall–Kier alpha value is -1.88. The van der Waals surface area contributed by atoms with Crippen LogP contribution in [0.3, 0.4) is 0 Å². The van der Waals surface area contributed by atoms with Gasteiger partial charge in [-0.15, -0.1) is 5.10 Å². The van der Waals surface area contributed by atoms with Gasteiger partial charge in [0.1, 0.15) is 0 Å². The Balaban J connectivity index is 1.78. The summed E-state index contributed by atoms with van der Waals surface area (Å²) in [6, 6.07) is 7.22. The van der Waals surface area contributed by atoms with E-state index in [-0.39, 0.29) is 17.8 Å². The Morgan fingerprint density at radius 3 is 2.94 bits per heavy atom. The molecule has 0 atom stereocenters. The molecular weight excluding hydrogens is 254 g/mol. The maximum atomic E-state index is 11.5. The van der Waals surface area contributed by atoms with Gasteiger partial charge < -0.3 is 4.42 Å². The summed E-state index contributed by atoms with van der Waals surface area (Å²) in [5, 5.41) is 10.8. The summed E-state index contributed by atoms with van der Waals surface area (Å²) in [4.78, 5) is 11.5. The fourth-order valence-corrected chi connectivity index (χ4v) is 1.76. The first-order valence-electron chi connectivity index (χ1n) is 5.63. The number of nitrogens with one attached hydrogen (secondary N) is 1. The molecule has 1 fully saturated rings. The number of anilines is 1. The molecule has 0 aliphatic heterocycles. The normalized spacial score (nSPS) is 14.5. The topological polar surface area (TPSA) is 68.0 Å². The van der Waals surface area contributed by atoms with Crippen LogP contribution >= 0.6 is 11.6 Å². The fraction of sp³-hybridized carbons (Fsp3) is 0.250. The molecule has 3 rings (SSSR count). The van der Waals surface area contributed by atoms with Gasteiger partial charge in [-0.25, -0.2) is 0 Å². The summed E-state index contributed by atoms with van der Waals surface area (Å²) >= 11 is 5.88. The summed E-state index contributed by atoms with van der Waals surface area (Å²) in [7, 11) is 0. The number of nitrogens with zero attached hydrogens (tertiary/aromatic N) is 2. The number of benzene rings is 1. The number of carbonyl (C=O) groups excluding carboxylic acids is 1. The Morgan fingerprint density at radius 1 is 1.39 bits per heavy atom. The zero-order valence-electron chi connectivity index (χ0n) is 9.39. The molecule has 0 unspecified atom stereocenters. The first-order chi connectivity index (χ1) is 8.72. The van der Waals surface area contributed by atoms with Crippen LogP contribution in [0.2, 0.25) is 5.02 Å². The van der Waals surface area contributed by atoms with Crippen molar-refractivity contribution in [3.63, 3.8) is 0 Å². The molecule has 0 saturated heterocycles. The minimum atomic E-state index is -0.0590. The van der Waals surface area contributed by atoms with Crippen molar-refractivity contribution in [3.05, 3.63) is 29.3 Å². The van der Waals surface area contributed by atoms with E-state index in [1.807, 2.05) is 6.07 Å². The van der Waals surface area contributed by atoms with E-state index in [0.29, 0.717) is 10.9 Å². The van der Waals surface area contributed by atoms with E-state index >= 15 is 0 Å². The highest BCUT2D eigenvalue weighted by Crippen LogP contribution is 2.30. The third-order valence-electron chi connectivity index (χ3n) is 2.67. The van der Waals surface area contributed by atoms with Crippen molar-refractivity contribution < 1.29 is 9.21 Å². The molecule has 0 bridgehead atoms. The average Bonchev–Trinajstić information content (AvgIpc) is 3.10. The number of hydrogen-bond acceptors (Lipinski definition) is 4. The molecule has 1 aliphatic rings. The van der Waals surface area contributed by atoms with E-state index < -0.39 is 0 Å². The summed E-state index contributed by atoms with van der Waals surface area (Å²) in [6.07, 6.45) is 1.86. The Bertz CT molecular complexity index is 593. The van der Waals surface area contributed by atoms with Crippen LogP contribution < -0.4 is 5.32 Å². The minimum Gasteiger partial charge on any atom is -0.403 e. The predicted octanol–water partition coefficient (Wildman–Crippen LogP) is 2.74. The molecule has 0 radical (unpaired) electrons. The van der Waals surface area contributed by atoms with Gasteiger partial charge in [0, 0.05) is 16.5 Å². The van der Waals surface area contributed by atoms with Crippen molar-refractivity contribution in [2.24, 2.45) is 5.92 Å². The van der Waals surface area contributed by atoms with Crippen LogP contribution in [0.5, 0.6) is 0 Å². The molecule has 1 N–H and O–H groups in total. The van der Waals surface area contributed by atoms with E-state index in [4.69, 9.17) is 16.0 Å². The Kier molecular flexibility index (Phi) is 2.76. The molecule has 5 nitrogen and oxygen atoms in total. The second-order valence-corrected chi connectivity index (χ2v) is 4.62. The molecule has 2 aromatic rings. The number of aromatic nitrogens is 2. The van der Waals surface area contributed by atoms with E-state index in [1.165, 1.54) is 0 Å². The summed E-state index contributed by atoms with van der Waals surface area (Å²) in [6.45, 7) is 0. The van der Waals surface area contributed by atoms with Crippen molar-refractivity contribution in [3.8, 4) is 11.5 Å². The molecule has 0 spiro atoms. The first-order valence-corrected chi connectivity index (χ1v) is 6.00. The number of carbonyl (C=O) groups is 1. The molecule has 1 aromatic heterocycles. The van der Waals surface area contributed by atoms with Crippen LogP contribution in [0.1, 0.15) is 12.8 Å². The lowest BCUT2D eigenvalue weighted by molar-refractivity contribution is -0.117. The number of hydrogen-bond donors (Lipinski definition) is 1. The smallest absolute Gasteiger partial charge is 0.322 e. The maximum Gasteiger partial charge on any atom is 0.322 e. The Labute approximate surface area is 108 Å². The van der Waals surface area contributed by atoms with E-state index in [1.54, 1.807) is 18.2 Å². The first kappa shape index (κ1) is 11.2. The van der Waals surface area contributed by atoms with Gasteiger partial charge in [-0.2, -0.15) is 0 Å². The van der Waals surface area contributed by atoms with Gasteiger partial charge in [-0.3, -0.25) is 10.1 Å². The van der Waals surface area contributed by atoms with Crippen LogP contribution in [-0.2, 0) is 4.79 Å². The largest absolute Gasteiger partial charge is 0.403 e. The lowest BCUT2D eigenvalue weighted by Gasteiger charge is -1.97. The standard InChI is InChI=1S/C12H10ClN3O2/c13-9-3-1-2-8(6-9)11-15-16-12(18-11)14-10(17)7-4-5-7/h1-3,6-7H,4-5H2,(H,14,16,17). The molecule has 1 heterocycles. The second-order valence-electron chi connectivity index (χ2n) is 4.19. The van der Waals surface area contributed by atoms with E-state index in [0.717, 1.165) is 18.4 Å². The van der Waals surface area contributed by atoms with Crippen LogP contribution in [0.25, 0.3) is 11.5 Å². The van der Waals surface area contributed by atoms with Crippen molar-refractivity contribution >= 4 is 23.5 Å². The third kappa shape index (κ3) is 2.36. The quantitative estimate of drug-likeness (QED) is 0.924. The Morgan fingerprint density at radius 2 is 2.22 bits per heavy atom. The molecule has 18 heavy (non-hydrogen) atoms. The summed E-state index contributed by atoms with van der Waals surface area (Å²) in [5.41, 5.74) is 0.724. The van der Waals surface area contributed by atoms with Crippen LogP contribution in [0.4, 0.5) is 6.01 Å². The highest BCUT2D eigenvalue weighted by atomic mass is 35.5. The maximum absolute atomic E-state index is 11.5. The van der Waals surface area contributed by atoms with Crippen molar-refractivity contribution in [1.82, 2.24) is 10.2 Å². The lowest BCUT2D eigenvalue weighted by Crippen LogP contribution is -2.13. The second kappa shape index (κ2) is 4.42. The van der Waals surface area contributed by atoms with Crippen molar-refractivity contribution in [1.29, 1.82) is 0 Å². The molecule has 1 aliphatic carbocycles. The van der Waals surface area contributed by atoms with Gasteiger partial charge in [0.2, 0.25) is 11.8 Å². The van der Waals surface area contributed by atoms with E-state index in [2.05, 4.69) is 15.5 Å². The summed E-state index contributed by atoms with van der Waals surface area (Å²) in [5.74, 6) is 0.381. The molecule has 1 saturated carbocycles. The SMILES string of the molecule is O=C(Nc1nnc(-c2cccc(Cl)c2)o1)C1CC1. The number of rotatable bonds is 3. The highest BCUT2D eigenvalue weighted by Gasteiger charge is 2.30. The number of amides is 1. The monoisotopic (exact) mass is 263 g/mol. The zero-order valence-corrected chi connectivity index (χ0v) is 10.1. The van der Waals surface area contributed by atoms with Crippen molar-refractivity contribution in [2.75, 3.05) is 5.32 Å². The predicted molar refractivity (Wildman–Crippen MR) is 66.1 cm³/mol. The van der Waals surface area contributed by atoms with Gasteiger partial charge in [-0.05, 0) is 31.0 Å². The average molecular weight is 264 g/mol. The minimum absolute atomic E-state index is 0.0590. The van der Waals surface area contributed by atoms with Gasteiger partial charge >= 0.3 is 6.01 Å². The fourth-order valence-electron chi connectivity index (χ4n) is 1.56. The molecule has 1 amide bonds. The van der Waals surface area contributed by atoms with Crippen LogP contribution in [-0.4, -0.2) is 16.1 Å². The molecular formula is C12H10ClN3O2. The van der Waals surface area contributed by atoms with Gasteiger partial charge in [0.25, 0.3) is 0 Å². The lowest BCUT2D eigenvalue weighted by atomic mass is 10.2. The van der Waals surface area contributed by atoms with Crippen LogP contribution in [0.15, 0.2) is 28.7 Å². The van der Waals surface area contributed by atoms with Gasteiger partial charge in [0.15, 0.2) is 0 Å². The summed E-state index contributed by atoms with van der Waals surface area (Å²) < 4.78 is 5.36. The molecule has 1 aromatic carbocycles. The molecule has 6 heteroatoms. The van der Waals surface area contributed by atoms with Gasteiger partial charge in [0.05, 0.1) is 0 Å². The number of halogens is 1. The third-order valence-corrected chi connectivity index (χ3v) is 2.91. The van der Waals surface area contributed by atoms with Crippen LogP contribution in [0, 0.1) is 5.92 Å². The highest BCUT2D eigenvalue weighted by molar-refractivity contribution is 6.30.